The molecule has 0 bridgehead atoms. The molecule has 1 saturated heterocycles. The predicted molar refractivity (Wildman–Crippen MR) is 95.0 cm³/mol. The molecule has 7 heteroatoms. The SMILES string of the molecule is CN(Cc1ccsc1)C(=O)CN1C(=O)N[C@H](Cc2ccccc2)C1=O. The Bertz CT molecular complexity index is 761. The lowest BCUT2D eigenvalue weighted by atomic mass is 10.1. The van der Waals surface area contributed by atoms with Crippen LogP contribution in [0.15, 0.2) is 47.2 Å². The molecule has 0 unspecified atom stereocenters. The number of hydrogen-bond donors (Lipinski definition) is 1. The molecular formula is C18H19N3O3S. The molecule has 1 aromatic carbocycles. The normalized spacial score (nSPS) is 16.8. The molecule has 1 atom stereocenters. The van der Waals surface area contributed by atoms with E-state index in [0.29, 0.717) is 13.0 Å². The molecule has 6 nitrogen and oxygen atoms in total. The molecule has 25 heavy (non-hydrogen) atoms. The van der Waals surface area contributed by atoms with Crippen molar-refractivity contribution in [1.82, 2.24) is 15.1 Å². The van der Waals surface area contributed by atoms with Crippen molar-refractivity contribution in [2.45, 2.75) is 19.0 Å². The van der Waals surface area contributed by atoms with Crippen LogP contribution in [-0.2, 0) is 22.6 Å². The number of nitrogens with zero attached hydrogens (tertiary/aromatic N) is 2. The zero-order chi connectivity index (χ0) is 17.8. The molecule has 1 aliphatic rings. The van der Waals surface area contributed by atoms with Gasteiger partial charge in [0.2, 0.25) is 5.91 Å². The second kappa shape index (κ2) is 7.48. The van der Waals surface area contributed by atoms with Gasteiger partial charge in [0.15, 0.2) is 0 Å². The van der Waals surface area contributed by atoms with Crippen molar-refractivity contribution in [3.63, 3.8) is 0 Å². The van der Waals surface area contributed by atoms with Crippen LogP contribution in [0.25, 0.3) is 0 Å². The monoisotopic (exact) mass is 357 g/mol. The van der Waals surface area contributed by atoms with Crippen molar-refractivity contribution < 1.29 is 14.4 Å². The van der Waals surface area contributed by atoms with Crippen LogP contribution in [0.2, 0.25) is 0 Å². The number of benzene rings is 1. The lowest BCUT2D eigenvalue weighted by Gasteiger charge is -2.19. The largest absolute Gasteiger partial charge is 0.340 e. The summed E-state index contributed by atoms with van der Waals surface area (Å²) in [6, 6.07) is 10.3. The summed E-state index contributed by atoms with van der Waals surface area (Å²) in [7, 11) is 1.67. The van der Waals surface area contributed by atoms with E-state index in [2.05, 4.69) is 5.32 Å². The smallest absolute Gasteiger partial charge is 0.325 e. The Morgan fingerprint density at radius 1 is 1.20 bits per heavy atom. The van der Waals surface area contributed by atoms with Crippen LogP contribution in [0.5, 0.6) is 0 Å². The Hall–Kier alpha value is -2.67. The fraction of sp³-hybridized carbons (Fsp3) is 0.278. The minimum absolute atomic E-state index is 0.239. The molecule has 0 saturated carbocycles. The molecule has 130 valence electrons. The topological polar surface area (TPSA) is 69.7 Å². The molecule has 0 aliphatic carbocycles. The van der Waals surface area contributed by atoms with Crippen LogP contribution in [0, 0.1) is 0 Å². The highest BCUT2D eigenvalue weighted by molar-refractivity contribution is 7.07. The van der Waals surface area contributed by atoms with Gasteiger partial charge in [-0.2, -0.15) is 11.3 Å². The maximum atomic E-state index is 12.5. The average molecular weight is 357 g/mol. The maximum Gasteiger partial charge on any atom is 0.325 e. The number of nitrogens with one attached hydrogen (secondary N) is 1. The summed E-state index contributed by atoms with van der Waals surface area (Å²) in [6.07, 6.45) is 0.418. The van der Waals surface area contributed by atoms with E-state index in [-0.39, 0.29) is 18.4 Å². The van der Waals surface area contributed by atoms with E-state index >= 15 is 0 Å². The maximum absolute atomic E-state index is 12.5. The standard InChI is InChI=1S/C18H19N3O3S/c1-20(10-14-7-8-25-12-14)16(22)11-21-17(23)15(19-18(21)24)9-13-5-3-2-4-6-13/h2-8,12,15H,9-11H2,1H3,(H,19,24)/t15-/m1/s1. The quantitative estimate of drug-likeness (QED) is 0.803. The van der Waals surface area contributed by atoms with Crippen molar-refractivity contribution in [2.75, 3.05) is 13.6 Å². The molecule has 0 spiro atoms. The van der Waals surface area contributed by atoms with E-state index in [1.54, 1.807) is 18.4 Å². The van der Waals surface area contributed by atoms with Gasteiger partial charge in [-0.05, 0) is 28.0 Å². The van der Waals surface area contributed by atoms with Gasteiger partial charge in [0.1, 0.15) is 12.6 Å². The summed E-state index contributed by atoms with van der Waals surface area (Å²) in [5.41, 5.74) is 1.99. The van der Waals surface area contributed by atoms with Crippen LogP contribution in [0.1, 0.15) is 11.1 Å². The number of thiophene rings is 1. The van der Waals surface area contributed by atoms with Crippen molar-refractivity contribution >= 4 is 29.2 Å². The van der Waals surface area contributed by atoms with E-state index in [0.717, 1.165) is 16.0 Å². The molecular weight excluding hydrogens is 338 g/mol. The van der Waals surface area contributed by atoms with Crippen LogP contribution < -0.4 is 5.32 Å². The van der Waals surface area contributed by atoms with Crippen molar-refractivity contribution in [2.24, 2.45) is 0 Å². The lowest BCUT2D eigenvalue weighted by molar-refractivity contribution is -0.136. The second-order valence-corrected chi connectivity index (χ2v) is 6.78. The zero-order valence-electron chi connectivity index (χ0n) is 13.8. The minimum Gasteiger partial charge on any atom is -0.340 e. The Morgan fingerprint density at radius 3 is 2.64 bits per heavy atom. The summed E-state index contributed by atoms with van der Waals surface area (Å²) in [5.74, 6) is -0.624. The first-order valence-corrected chi connectivity index (χ1v) is 8.89. The van der Waals surface area contributed by atoms with Gasteiger partial charge >= 0.3 is 6.03 Å². The number of hydrogen-bond acceptors (Lipinski definition) is 4. The van der Waals surface area contributed by atoms with E-state index in [1.807, 2.05) is 47.2 Å². The number of carbonyl (C=O) groups excluding carboxylic acids is 3. The number of amides is 4. The van der Waals surface area contributed by atoms with Crippen molar-refractivity contribution in [3.8, 4) is 0 Å². The van der Waals surface area contributed by atoms with E-state index in [4.69, 9.17) is 0 Å². The van der Waals surface area contributed by atoms with Gasteiger partial charge in [-0.15, -0.1) is 0 Å². The van der Waals surface area contributed by atoms with Crippen molar-refractivity contribution in [1.29, 1.82) is 0 Å². The summed E-state index contributed by atoms with van der Waals surface area (Å²) in [4.78, 5) is 39.4. The zero-order valence-corrected chi connectivity index (χ0v) is 14.7. The molecule has 0 radical (unpaired) electrons. The van der Waals surface area contributed by atoms with Crippen LogP contribution >= 0.6 is 11.3 Å². The number of rotatable bonds is 6. The Balaban J connectivity index is 1.59. The van der Waals surface area contributed by atoms with Crippen LogP contribution in [0.4, 0.5) is 4.79 Å². The third kappa shape index (κ3) is 4.06. The number of urea groups is 1. The van der Waals surface area contributed by atoms with E-state index in [1.165, 1.54) is 4.90 Å². The van der Waals surface area contributed by atoms with E-state index in [9.17, 15) is 14.4 Å². The van der Waals surface area contributed by atoms with Gasteiger partial charge in [0.05, 0.1) is 0 Å². The van der Waals surface area contributed by atoms with Crippen molar-refractivity contribution in [3.05, 3.63) is 58.3 Å². The first-order chi connectivity index (χ1) is 12.0. The summed E-state index contributed by atoms with van der Waals surface area (Å²) >= 11 is 1.56. The summed E-state index contributed by atoms with van der Waals surface area (Å²) < 4.78 is 0. The first-order valence-electron chi connectivity index (χ1n) is 7.95. The van der Waals surface area contributed by atoms with Gasteiger partial charge in [-0.25, -0.2) is 4.79 Å². The highest BCUT2D eigenvalue weighted by atomic mass is 32.1. The molecule has 2 aromatic rings. The highest BCUT2D eigenvalue weighted by Gasteiger charge is 2.39. The minimum atomic E-state index is -0.620. The average Bonchev–Trinajstić information content (AvgIpc) is 3.20. The Kier molecular flexibility index (Phi) is 5.14. The molecule has 1 N–H and O–H groups in total. The van der Waals surface area contributed by atoms with Gasteiger partial charge in [-0.3, -0.25) is 14.5 Å². The molecule has 1 fully saturated rings. The lowest BCUT2D eigenvalue weighted by Crippen LogP contribution is -2.41. The molecule has 2 heterocycles. The Morgan fingerprint density at radius 2 is 1.96 bits per heavy atom. The third-order valence-corrected chi connectivity index (χ3v) is 4.84. The summed E-state index contributed by atoms with van der Waals surface area (Å²) in [5, 5.41) is 6.57. The van der Waals surface area contributed by atoms with Gasteiger partial charge in [-0.1, -0.05) is 30.3 Å². The molecule has 3 rings (SSSR count). The predicted octanol–water partition coefficient (Wildman–Crippen LogP) is 1.87. The molecule has 1 aliphatic heterocycles. The first kappa shape index (κ1) is 17.2. The second-order valence-electron chi connectivity index (χ2n) is 6.00. The van der Waals surface area contributed by atoms with Gasteiger partial charge < -0.3 is 10.2 Å². The van der Waals surface area contributed by atoms with Crippen LogP contribution in [0.3, 0.4) is 0 Å². The van der Waals surface area contributed by atoms with E-state index < -0.39 is 12.1 Å². The molecule has 4 amide bonds. The highest BCUT2D eigenvalue weighted by Crippen LogP contribution is 2.13. The fourth-order valence-electron chi connectivity index (χ4n) is 2.72. The Labute approximate surface area is 150 Å². The van der Waals surface area contributed by atoms with Gasteiger partial charge in [0, 0.05) is 20.0 Å². The van der Waals surface area contributed by atoms with Crippen LogP contribution in [-0.4, -0.2) is 47.3 Å². The number of carbonyl (C=O) groups is 3. The number of imide groups is 1. The number of likely N-dealkylation sites (N-methyl/N-ethyl adjacent to an activating group) is 1. The van der Waals surface area contributed by atoms with Gasteiger partial charge in [0.25, 0.3) is 5.91 Å². The third-order valence-electron chi connectivity index (χ3n) is 4.11. The summed E-state index contributed by atoms with van der Waals surface area (Å²) in [6.45, 7) is 0.218. The fourth-order valence-corrected chi connectivity index (χ4v) is 3.38. The molecule has 1 aromatic heterocycles.